The van der Waals surface area contributed by atoms with Crippen LogP contribution < -0.4 is 0 Å². The van der Waals surface area contributed by atoms with Crippen molar-refractivity contribution in [2.75, 3.05) is 0 Å². The summed E-state index contributed by atoms with van der Waals surface area (Å²) in [7, 11) is 0. The fraction of sp³-hybridized carbons (Fsp3) is 0. The Labute approximate surface area is 344 Å². The lowest BCUT2D eigenvalue weighted by atomic mass is 9.96. The largest absolute Gasteiger partial charge is 0.309 e. The van der Waals surface area contributed by atoms with Gasteiger partial charge in [0.15, 0.2) is 11.6 Å². The van der Waals surface area contributed by atoms with Gasteiger partial charge in [-0.25, -0.2) is 4.98 Å². The molecule has 0 unspecified atom stereocenters. The molecular weight excluding hydrogens is 731 g/mol. The molecule has 0 aliphatic carbocycles. The van der Waals surface area contributed by atoms with Gasteiger partial charge in [-0.3, -0.25) is 4.57 Å². The lowest BCUT2D eigenvalue weighted by Gasteiger charge is -2.15. The molecule has 0 radical (unpaired) electrons. The van der Waals surface area contributed by atoms with Crippen molar-refractivity contribution in [2.45, 2.75) is 0 Å². The van der Waals surface area contributed by atoms with Gasteiger partial charge in [-0.05, 0) is 91.6 Å². The number of fused-ring (bicyclic) bond motifs is 12. The molecule has 0 saturated carbocycles. The van der Waals surface area contributed by atoms with Gasteiger partial charge in [0.2, 0.25) is 5.95 Å². The van der Waals surface area contributed by atoms with Crippen molar-refractivity contribution >= 4 is 86.7 Å². The monoisotopic (exact) mass is 763 g/mol. The summed E-state index contributed by atoms with van der Waals surface area (Å²) in [6, 6.07) is 71.5. The first-order chi connectivity index (χ1) is 29.8. The van der Waals surface area contributed by atoms with Gasteiger partial charge in [-0.1, -0.05) is 152 Å². The van der Waals surface area contributed by atoms with Crippen molar-refractivity contribution in [3.05, 3.63) is 200 Å². The molecule has 0 fully saturated rings. The van der Waals surface area contributed by atoms with Gasteiger partial charge in [0.25, 0.3) is 0 Å². The molecule has 0 spiro atoms. The maximum absolute atomic E-state index is 5.50. The van der Waals surface area contributed by atoms with Gasteiger partial charge < -0.3 is 4.57 Å². The van der Waals surface area contributed by atoms with Crippen molar-refractivity contribution in [3.63, 3.8) is 0 Å². The van der Waals surface area contributed by atoms with Crippen molar-refractivity contribution < 1.29 is 0 Å². The summed E-state index contributed by atoms with van der Waals surface area (Å²) in [6.45, 7) is 0. The Morgan fingerprint density at radius 1 is 0.267 bits per heavy atom. The predicted octanol–water partition coefficient (Wildman–Crippen LogP) is 14.0. The summed E-state index contributed by atoms with van der Waals surface area (Å²) in [5.74, 6) is 1.82. The highest BCUT2D eigenvalue weighted by molar-refractivity contribution is 6.19. The van der Waals surface area contributed by atoms with Crippen molar-refractivity contribution in [1.29, 1.82) is 0 Å². The molecule has 5 nitrogen and oxygen atoms in total. The first-order valence-corrected chi connectivity index (χ1v) is 20.4. The second-order valence-electron chi connectivity index (χ2n) is 15.6. The number of benzene rings is 10. The zero-order valence-electron chi connectivity index (χ0n) is 32.3. The Morgan fingerprint density at radius 3 is 1.20 bits per heavy atom. The molecule has 0 aliphatic rings. The van der Waals surface area contributed by atoms with Crippen LogP contribution in [0.2, 0.25) is 0 Å². The van der Waals surface area contributed by atoms with Crippen LogP contribution in [0.25, 0.3) is 121 Å². The molecule has 60 heavy (non-hydrogen) atoms. The summed E-state index contributed by atoms with van der Waals surface area (Å²) in [6.07, 6.45) is 0. The van der Waals surface area contributed by atoms with E-state index in [0.717, 1.165) is 65.7 Å². The summed E-state index contributed by atoms with van der Waals surface area (Å²) in [4.78, 5) is 16.5. The Morgan fingerprint density at radius 2 is 0.667 bits per heavy atom. The van der Waals surface area contributed by atoms with Crippen LogP contribution in [-0.2, 0) is 0 Å². The zero-order valence-corrected chi connectivity index (χ0v) is 32.3. The van der Waals surface area contributed by atoms with Crippen LogP contribution in [0.3, 0.4) is 0 Å². The second-order valence-corrected chi connectivity index (χ2v) is 15.6. The molecule has 0 aliphatic heterocycles. The van der Waals surface area contributed by atoms with E-state index >= 15 is 0 Å². The number of hydrogen-bond acceptors (Lipinski definition) is 3. The Hall–Kier alpha value is -8.15. The number of aromatic nitrogens is 5. The van der Waals surface area contributed by atoms with Gasteiger partial charge in [0, 0.05) is 38.4 Å². The molecule has 13 rings (SSSR count). The Bertz CT molecular complexity index is 3760. The summed E-state index contributed by atoms with van der Waals surface area (Å²) >= 11 is 0. The fourth-order valence-corrected chi connectivity index (χ4v) is 9.69. The zero-order chi connectivity index (χ0) is 39.3. The minimum atomic E-state index is 0.571. The van der Waals surface area contributed by atoms with E-state index in [1.807, 2.05) is 0 Å². The molecule has 0 amide bonds. The van der Waals surface area contributed by atoms with Crippen molar-refractivity contribution in [2.24, 2.45) is 0 Å². The highest BCUT2D eigenvalue weighted by Crippen LogP contribution is 2.41. The van der Waals surface area contributed by atoms with Crippen LogP contribution in [0.1, 0.15) is 0 Å². The van der Waals surface area contributed by atoms with E-state index < -0.39 is 0 Å². The van der Waals surface area contributed by atoms with Gasteiger partial charge in [0.1, 0.15) is 0 Å². The molecule has 0 bridgehead atoms. The standard InChI is InChI=1S/C55H33N5/c1-2-18-36(19-3-1)59-49-28-14-12-26-43(49)45-33-52-46(32-51(45)59)44-27-13-15-29-50(44)60(52)55-57-53(47-30-34-16-4-6-20-37(34)39-22-8-10-24-41(39)47)56-54(58-55)48-31-35-17-5-7-21-38(35)40-23-9-11-25-42(40)48/h1-33H. The average Bonchev–Trinajstić information content (AvgIpc) is 3.82. The topological polar surface area (TPSA) is 48.5 Å². The number of rotatable bonds is 4. The number of para-hydroxylation sites is 3. The quantitative estimate of drug-likeness (QED) is 0.168. The van der Waals surface area contributed by atoms with E-state index in [9.17, 15) is 0 Å². The van der Waals surface area contributed by atoms with Crippen LogP contribution in [-0.4, -0.2) is 24.1 Å². The van der Waals surface area contributed by atoms with Crippen LogP contribution >= 0.6 is 0 Å². The molecule has 5 heteroatoms. The minimum Gasteiger partial charge on any atom is -0.309 e. The molecule has 3 heterocycles. The van der Waals surface area contributed by atoms with E-state index in [4.69, 9.17) is 15.0 Å². The number of nitrogens with zero attached hydrogens (tertiary/aromatic N) is 5. The van der Waals surface area contributed by atoms with E-state index in [2.05, 4.69) is 209 Å². The lowest BCUT2D eigenvalue weighted by Crippen LogP contribution is -2.07. The van der Waals surface area contributed by atoms with Crippen molar-refractivity contribution in [3.8, 4) is 34.4 Å². The molecule has 0 atom stereocenters. The van der Waals surface area contributed by atoms with E-state index in [1.165, 1.54) is 37.8 Å². The normalized spacial score (nSPS) is 12.0. The second kappa shape index (κ2) is 12.7. The average molecular weight is 764 g/mol. The minimum absolute atomic E-state index is 0.571. The Balaban J connectivity index is 1.17. The predicted molar refractivity (Wildman–Crippen MR) is 249 cm³/mol. The maximum atomic E-state index is 5.50. The van der Waals surface area contributed by atoms with Crippen LogP contribution in [0, 0.1) is 0 Å². The molecule has 0 saturated heterocycles. The molecular formula is C55H33N5. The molecule has 278 valence electrons. The van der Waals surface area contributed by atoms with Gasteiger partial charge >= 0.3 is 0 Å². The summed E-state index contributed by atoms with van der Waals surface area (Å²) in [5.41, 5.74) is 7.45. The van der Waals surface area contributed by atoms with Gasteiger partial charge in [-0.2, -0.15) is 9.97 Å². The van der Waals surface area contributed by atoms with Gasteiger partial charge in [-0.15, -0.1) is 0 Å². The third-order valence-corrected chi connectivity index (χ3v) is 12.3. The Kier molecular flexibility index (Phi) is 6.95. The van der Waals surface area contributed by atoms with E-state index in [-0.39, 0.29) is 0 Å². The van der Waals surface area contributed by atoms with Crippen LogP contribution in [0.15, 0.2) is 200 Å². The number of hydrogen-bond donors (Lipinski definition) is 0. The van der Waals surface area contributed by atoms with Gasteiger partial charge in [0.05, 0.1) is 22.1 Å². The molecule has 13 aromatic rings. The third kappa shape index (κ3) is 4.77. The lowest BCUT2D eigenvalue weighted by molar-refractivity contribution is 0.956. The smallest absolute Gasteiger partial charge is 0.238 e. The fourth-order valence-electron chi connectivity index (χ4n) is 9.69. The summed E-state index contributed by atoms with van der Waals surface area (Å²) < 4.78 is 4.63. The highest BCUT2D eigenvalue weighted by Gasteiger charge is 2.23. The summed E-state index contributed by atoms with van der Waals surface area (Å²) in [5, 5.41) is 13.8. The van der Waals surface area contributed by atoms with Crippen LogP contribution in [0.5, 0.6) is 0 Å². The first-order valence-electron chi connectivity index (χ1n) is 20.4. The SMILES string of the molecule is c1ccc(-n2c3ccccc3c3cc4c(cc32)c2ccccc2n4-c2nc(-c3cc4ccccc4c4ccccc34)nc(-c3cc4ccccc4c4ccccc34)n2)cc1. The maximum Gasteiger partial charge on any atom is 0.238 e. The van der Waals surface area contributed by atoms with Crippen LogP contribution in [0.4, 0.5) is 0 Å². The van der Waals surface area contributed by atoms with Crippen molar-refractivity contribution in [1.82, 2.24) is 24.1 Å². The third-order valence-electron chi connectivity index (χ3n) is 12.3. The molecule has 3 aromatic heterocycles. The van der Waals surface area contributed by atoms with E-state index in [1.54, 1.807) is 0 Å². The first kappa shape index (κ1) is 32.9. The highest BCUT2D eigenvalue weighted by atomic mass is 15.2. The molecule has 0 N–H and O–H groups in total. The van der Waals surface area contributed by atoms with E-state index in [0.29, 0.717) is 17.6 Å². The molecule has 10 aromatic carbocycles.